The van der Waals surface area contributed by atoms with E-state index in [1.807, 2.05) is 0 Å². The minimum atomic E-state index is -2.82. The third-order valence-corrected chi connectivity index (χ3v) is 1.17. The molecule has 0 saturated carbocycles. The van der Waals surface area contributed by atoms with Gasteiger partial charge in [-0.1, -0.05) is 0 Å². The van der Waals surface area contributed by atoms with E-state index >= 15 is 0 Å². The van der Waals surface area contributed by atoms with Crippen LogP contribution in [0.4, 0.5) is 0 Å². The van der Waals surface area contributed by atoms with Gasteiger partial charge < -0.3 is 30.0 Å². The van der Waals surface area contributed by atoms with Crippen molar-refractivity contribution in [1.82, 2.24) is 0 Å². The summed E-state index contributed by atoms with van der Waals surface area (Å²) < 4.78 is 0. The molecule has 0 heterocycles. The summed E-state index contributed by atoms with van der Waals surface area (Å²) in [4.78, 5) is 19.8. The summed E-state index contributed by atoms with van der Waals surface area (Å²) in [5.41, 5.74) is -2.82. The first-order valence-corrected chi connectivity index (χ1v) is 2.63. The van der Waals surface area contributed by atoms with Crippen LogP contribution in [0.1, 0.15) is 6.92 Å². The Hall–Kier alpha value is 2.13. The number of aliphatic carboxylic acids is 2. The van der Waals surface area contributed by atoms with Gasteiger partial charge in [-0.2, -0.15) is 0 Å². The van der Waals surface area contributed by atoms with E-state index in [0.29, 0.717) is 6.92 Å². The first kappa shape index (κ1) is 20.5. The van der Waals surface area contributed by atoms with E-state index in [0.717, 1.165) is 0 Å². The van der Waals surface area contributed by atoms with Crippen molar-refractivity contribution >= 4 is 11.9 Å². The molecule has 0 aliphatic heterocycles. The molecular weight excluding hydrogens is 234 g/mol. The second-order valence-corrected chi connectivity index (χ2v) is 2.16. The van der Waals surface area contributed by atoms with Gasteiger partial charge in [-0.3, -0.25) is 0 Å². The maximum absolute atomic E-state index is 9.95. The molecule has 0 aromatic rings. The molecule has 0 spiro atoms. The summed E-state index contributed by atoms with van der Waals surface area (Å²) >= 11 is 0. The maximum Gasteiger partial charge on any atom is 1.00 e. The number of aliphatic hydroxyl groups is 2. The van der Waals surface area contributed by atoms with E-state index in [4.69, 9.17) is 10.2 Å². The summed E-state index contributed by atoms with van der Waals surface area (Å²) in [7, 11) is 0. The SMILES string of the molecule is CC(O)(C(=O)[O-])C(O)C(=O)[O-].[K+].[K+]. The smallest absolute Gasteiger partial charge is 0.547 e. The van der Waals surface area contributed by atoms with Crippen LogP contribution in [0, 0.1) is 0 Å². The first-order chi connectivity index (χ1) is 4.80. The van der Waals surface area contributed by atoms with E-state index in [2.05, 4.69) is 0 Å². The Morgan fingerprint density at radius 2 is 1.62 bits per heavy atom. The van der Waals surface area contributed by atoms with Crippen LogP contribution >= 0.6 is 0 Å². The Kier molecular flexibility index (Phi) is 13.1. The standard InChI is InChI=1S/C5H8O6.2K/c1-5(11,4(9)10)2(6)3(7)8;;/h2,6,11H,1H3,(H,7,8)(H,9,10);;/q;2*+1/p-2. The van der Waals surface area contributed by atoms with Gasteiger partial charge >= 0.3 is 103 Å². The molecule has 0 fully saturated rings. The third kappa shape index (κ3) is 6.33. The minimum absolute atomic E-state index is 0. The van der Waals surface area contributed by atoms with Crippen molar-refractivity contribution in [1.29, 1.82) is 0 Å². The zero-order valence-corrected chi connectivity index (χ0v) is 13.9. The number of carbonyl (C=O) groups excluding carboxylic acids is 2. The van der Waals surface area contributed by atoms with Crippen LogP contribution in [-0.4, -0.2) is 33.9 Å². The van der Waals surface area contributed by atoms with Gasteiger partial charge in [0, 0.05) is 0 Å². The van der Waals surface area contributed by atoms with E-state index in [1.54, 1.807) is 0 Å². The number of rotatable bonds is 3. The molecule has 64 valence electrons. The molecule has 13 heavy (non-hydrogen) atoms. The second kappa shape index (κ2) is 8.30. The Morgan fingerprint density at radius 1 is 1.31 bits per heavy atom. The fourth-order valence-electron chi connectivity index (χ4n) is 0.341. The predicted molar refractivity (Wildman–Crippen MR) is 26.6 cm³/mol. The molecule has 2 unspecified atom stereocenters. The van der Waals surface area contributed by atoms with Crippen molar-refractivity contribution in [3.05, 3.63) is 0 Å². The van der Waals surface area contributed by atoms with Crippen molar-refractivity contribution in [3.63, 3.8) is 0 Å². The van der Waals surface area contributed by atoms with Crippen molar-refractivity contribution in [2.75, 3.05) is 0 Å². The van der Waals surface area contributed by atoms with Crippen LogP contribution < -0.4 is 113 Å². The van der Waals surface area contributed by atoms with E-state index in [-0.39, 0.29) is 103 Å². The van der Waals surface area contributed by atoms with Crippen molar-refractivity contribution in [3.8, 4) is 0 Å². The largest absolute Gasteiger partial charge is 1.00 e. The Balaban J connectivity index is -0.000000500. The van der Waals surface area contributed by atoms with Gasteiger partial charge in [0.05, 0.1) is 11.9 Å². The van der Waals surface area contributed by atoms with Crippen LogP contribution in [0.25, 0.3) is 0 Å². The number of carboxylic acid groups (broad SMARTS) is 2. The summed E-state index contributed by atoms with van der Waals surface area (Å²) in [6, 6.07) is 0. The van der Waals surface area contributed by atoms with Crippen molar-refractivity contribution < 1.29 is 133 Å². The minimum Gasteiger partial charge on any atom is -0.547 e. The quantitative estimate of drug-likeness (QED) is 0.472. The van der Waals surface area contributed by atoms with Gasteiger partial charge in [0.25, 0.3) is 0 Å². The Morgan fingerprint density at radius 3 is 1.69 bits per heavy atom. The van der Waals surface area contributed by atoms with Crippen molar-refractivity contribution in [2.24, 2.45) is 0 Å². The molecule has 0 amide bonds. The molecule has 0 saturated heterocycles. The molecule has 0 aliphatic rings. The molecular formula is C5H6K2O6. The van der Waals surface area contributed by atoms with Crippen molar-refractivity contribution in [2.45, 2.75) is 18.6 Å². The number of hydrogen-bond donors (Lipinski definition) is 2. The van der Waals surface area contributed by atoms with Crippen LogP contribution in [0.5, 0.6) is 0 Å². The zero-order chi connectivity index (χ0) is 9.23. The average molecular weight is 240 g/mol. The summed E-state index contributed by atoms with van der Waals surface area (Å²) in [5.74, 6) is -4.14. The van der Waals surface area contributed by atoms with E-state index < -0.39 is 23.6 Å². The summed E-state index contributed by atoms with van der Waals surface area (Å²) in [6.45, 7) is 0.600. The molecule has 0 rings (SSSR count). The monoisotopic (exact) mass is 240 g/mol. The van der Waals surface area contributed by atoms with Gasteiger partial charge in [-0.05, 0) is 6.92 Å². The van der Waals surface area contributed by atoms with Crippen LogP contribution in [-0.2, 0) is 9.59 Å². The summed E-state index contributed by atoms with van der Waals surface area (Å²) in [6.07, 6.45) is -2.49. The van der Waals surface area contributed by atoms with E-state index in [9.17, 15) is 19.8 Å². The van der Waals surface area contributed by atoms with E-state index in [1.165, 1.54) is 0 Å². The Labute approximate surface area is 160 Å². The van der Waals surface area contributed by atoms with Gasteiger partial charge in [0.15, 0.2) is 0 Å². The molecule has 2 N–H and O–H groups in total. The molecule has 0 bridgehead atoms. The van der Waals surface area contributed by atoms with Gasteiger partial charge in [0.2, 0.25) is 0 Å². The Bertz CT molecular complexity index is 191. The summed E-state index contributed by atoms with van der Waals surface area (Å²) in [5, 5.41) is 37.0. The topological polar surface area (TPSA) is 121 Å². The van der Waals surface area contributed by atoms with Crippen LogP contribution in [0.15, 0.2) is 0 Å². The molecule has 0 aromatic carbocycles. The third-order valence-electron chi connectivity index (χ3n) is 1.17. The van der Waals surface area contributed by atoms with Gasteiger partial charge in [-0.25, -0.2) is 0 Å². The molecule has 0 aromatic heterocycles. The fourth-order valence-corrected chi connectivity index (χ4v) is 0.341. The molecule has 2 atom stereocenters. The number of hydrogen-bond acceptors (Lipinski definition) is 6. The normalized spacial score (nSPS) is 15.6. The average Bonchev–Trinajstić information content (AvgIpc) is 1.85. The number of carboxylic acids is 2. The molecule has 8 heteroatoms. The van der Waals surface area contributed by atoms with Crippen LogP contribution in [0.3, 0.4) is 0 Å². The molecule has 6 nitrogen and oxygen atoms in total. The van der Waals surface area contributed by atoms with Crippen LogP contribution in [0.2, 0.25) is 0 Å². The maximum atomic E-state index is 9.95. The fraction of sp³-hybridized carbons (Fsp3) is 0.600. The number of aliphatic hydroxyl groups excluding tert-OH is 1. The second-order valence-electron chi connectivity index (χ2n) is 2.16. The van der Waals surface area contributed by atoms with Gasteiger partial charge in [-0.15, -0.1) is 0 Å². The van der Waals surface area contributed by atoms with Gasteiger partial charge in [0.1, 0.15) is 11.7 Å². The molecule has 0 radical (unpaired) electrons. The first-order valence-electron chi connectivity index (χ1n) is 2.63. The zero-order valence-electron chi connectivity index (χ0n) is 7.60. The number of carbonyl (C=O) groups is 2. The molecule has 0 aliphatic carbocycles. The predicted octanol–water partition coefficient (Wildman–Crippen LogP) is -10.4.